The van der Waals surface area contributed by atoms with E-state index in [1.165, 1.54) is 11.3 Å². The van der Waals surface area contributed by atoms with Gasteiger partial charge in [-0.05, 0) is 49.6 Å². The minimum Gasteiger partial charge on any atom is -0.359 e. The van der Waals surface area contributed by atoms with Crippen molar-refractivity contribution in [3.8, 4) is 11.3 Å². The molecule has 3 aromatic heterocycles. The molecular formula is C19H21N5. The third-order valence-electron chi connectivity index (χ3n) is 4.58. The molecule has 0 aliphatic carbocycles. The minimum atomic E-state index is 0.750. The summed E-state index contributed by atoms with van der Waals surface area (Å²) in [4.78, 5) is 11.4. The maximum Gasteiger partial charge on any atom is 0.131 e. The van der Waals surface area contributed by atoms with Gasteiger partial charge in [0.05, 0.1) is 17.9 Å². The molecule has 0 fully saturated rings. The van der Waals surface area contributed by atoms with Gasteiger partial charge in [0.25, 0.3) is 0 Å². The van der Waals surface area contributed by atoms with Gasteiger partial charge in [0.15, 0.2) is 0 Å². The van der Waals surface area contributed by atoms with E-state index in [9.17, 15) is 0 Å². The molecule has 0 N–H and O–H groups in total. The number of aryl methyl sites for hydroxylation is 2. The number of fused-ring (bicyclic) bond motifs is 1. The molecule has 0 saturated carbocycles. The standard InChI is InChI=1S/C19H21N5/c1-13-8-14(2)24(22-13)12-15-4-5-18(20-10-15)17-9-16-6-7-23(3)19(16)21-11-17/h4-5,8-11H,6-7,12H2,1-3H3. The van der Waals surface area contributed by atoms with Crippen molar-refractivity contribution in [1.29, 1.82) is 0 Å². The average Bonchev–Trinajstić information content (AvgIpc) is 3.10. The predicted octanol–water partition coefficient (Wildman–Crippen LogP) is 3.00. The van der Waals surface area contributed by atoms with E-state index in [2.05, 4.69) is 58.2 Å². The first-order chi connectivity index (χ1) is 11.6. The van der Waals surface area contributed by atoms with Crippen molar-refractivity contribution >= 4 is 5.82 Å². The Labute approximate surface area is 142 Å². The zero-order chi connectivity index (χ0) is 16.7. The fourth-order valence-electron chi connectivity index (χ4n) is 3.26. The van der Waals surface area contributed by atoms with Gasteiger partial charge in [-0.2, -0.15) is 5.10 Å². The number of nitrogens with zero attached hydrogens (tertiary/aromatic N) is 5. The van der Waals surface area contributed by atoms with Gasteiger partial charge >= 0.3 is 0 Å². The molecular weight excluding hydrogens is 298 g/mol. The molecule has 4 heterocycles. The lowest BCUT2D eigenvalue weighted by atomic mass is 10.1. The summed E-state index contributed by atoms with van der Waals surface area (Å²) in [5.74, 6) is 1.10. The van der Waals surface area contributed by atoms with E-state index < -0.39 is 0 Å². The number of likely N-dealkylation sites (N-methyl/N-ethyl adjacent to an activating group) is 1. The molecule has 0 spiro atoms. The number of rotatable bonds is 3. The summed E-state index contributed by atoms with van der Waals surface area (Å²) in [5, 5.41) is 4.51. The number of aromatic nitrogens is 4. The van der Waals surface area contributed by atoms with Crippen molar-refractivity contribution < 1.29 is 0 Å². The largest absolute Gasteiger partial charge is 0.359 e. The Bertz CT molecular complexity index is 879. The first-order valence-corrected chi connectivity index (χ1v) is 8.26. The maximum atomic E-state index is 4.63. The van der Waals surface area contributed by atoms with E-state index in [0.717, 1.165) is 47.8 Å². The van der Waals surface area contributed by atoms with Gasteiger partial charge in [0.2, 0.25) is 0 Å². The van der Waals surface area contributed by atoms with Crippen molar-refractivity contribution in [2.75, 3.05) is 18.5 Å². The highest BCUT2D eigenvalue weighted by Crippen LogP contribution is 2.28. The van der Waals surface area contributed by atoms with Crippen LogP contribution >= 0.6 is 0 Å². The van der Waals surface area contributed by atoms with Crippen molar-refractivity contribution in [3.63, 3.8) is 0 Å². The summed E-state index contributed by atoms with van der Waals surface area (Å²) in [6, 6.07) is 8.51. The smallest absolute Gasteiger partial charge is 0.131 e. The normalized spacial score (nSPS) is 13.4. The van der Waals surface area contributed by atoms with Gasteiger partial charge < -0.3 is 4.90 Å². The maximum absolute atomic E-state index is 4.63. The second-order valence-electron chi connectivity index (χ2n) is 6.51. The van der Waals surface area contributed by atoms with Crippen LogP contribution in [0.1, 0.15) is 22.5 Å². The molecule has 0 radical (unpaired) electrons. The second kappa shape index (κ2) is 5.74. The lowest BCUT2D eigenvalue weighted by Crippen LogP contribution is -2.13. The van der Waals surface area contributed by atoms with Crippen LogP contribution in [-0.2, 0) is 13.0 Å². The van der Waals surface area contributed by atoms with Gasteiger partial charge in [-0.15, -0.1) is 0 Å². The van der Waals surface area contributed by atoms with E-state index >= 15 is 0 Å². The van der Waals surface area contributed by atoms with E-state index in [-0.39, 0.29) is 0 Å². The van der Waals surface area contributed by atoms with E-state index in [1.807, 2.05) is 24.0 Å². The van der Waals surface area contributed by atoms with Crippen LogP contribution < -0.4 is 4.90 Å². The molecule has 1 aliphatic rings. The van der Waals surface area contributed by atoms with Crippen LogP contribution in [0.15, 0.2) is 36.7 Å². The van der Waals surface area contributed by atoms with E-state index in [0.29, 0.717) is 0 Å². The Balaban J connectivity index is 1.57. The Hall–Kier alpha value is -2.69. The highest BCUT2D eigenvalue weighted by Gasteiger charge is 2.17. The molecule has 5 heteroatoms. The summed E-state index contributed by atoms with van der Waals surface area (Å²) in [5.41, 5.74) is 6.73. The van der Waals surface area contributed by atoms with Gasteiger partial charge in [-0.25, -0.2) is 4.98 Å². The number of pyridine rings is 2. The van der Waals surface area contributed by atoms with Crippen LogP contribution in [0.25, 0.3) is 11.3 Å². The molecule has 122 valence electrons. The quantitative estimate of drug-likeness (QED) is 0.744. The third kappa shape index (κ3) is 2.66. The summed E-state index contributed by atoms with van der Waals surface area (Å²) in [6.07, 6.45) is 4.91. The number of anilines is 1. The third-order valence-corrected chi connectivity index (χ3v) is 4.58. The SMILES string of the molecule is Cc1cc(C)n(Cc2ccc(-c3cnc4c(c3)CCN4C)nc2)n1. The van der Waals surface area contributed by atoms with Gasteiger partial charge in [0.1, 0.15) is 5.82 Å². The molecule has 24 heavy (non-hydrogen) atoms. The molecule has 0 atom stereocenters. The molecule has 0 aromatic carbocycles. The lowest BCUT2D eigenvalue weighted by Gasteiger charge is -2.11. The highest BCUT2D eigenvalue weighted by atomic mass is 15.3. The summed E-state index contributed by atoms with van der Waals surface area (Å²) in [6.45, 7) is 5.89. The van der Waals surface area contributed by atoms with Crippen LogP contribution in [-0.4, -0.2) is 33.3 Å². The van der Waals surface area contributed by atoms with Crippen molar-refractivity contribution in [2.45, 2.75) is 26.8 Å². The summed E-state index contributed by atoms with van der Waals surface area (Å²) >= 11 is 0. The highest BCUT2D eigenvalue weighted by molar-refractivity contribution is 5.64. The Morgan fingerprint density at radius 1 is 1.08 bits per heavy atom. The molecule has 4 rings (SSSR count). The fraction of sp³-hybridized carbons (Fsp3) is 0.316. The summed E-state index contributed by atoms with van der Waals surface area (Å²) in [7, 11) is 2.09. The molecule has 0 saturated heterocycles. The van der Waals surface area contributed by atoms with Crippen molar-refractivity contribution in [3.05, 3.63) is 59.2 Å². The second-order valence-corrected chi connectivity index (χ2v) is 6.51. The summed E-state index contributed by atoms with van der Waals surface area (Å²) < 4.78 is 2.01. The fourth-order valence-corrected chi connectivity index (χ4v) is 3.26. The Morgan fingerprint density at radius 3 is 2.67 bits per heavy atom. The zero-order valence-corrected chi connectivity index (χ0v) is 14.3. The lowest BCUT2D eigenvalue weighted by molar-refractivity contribution is 0.657. The molecule has 0 bridgehead atoms. The van der Waals surface area contributed by atoms with Crippen LogP contribution in [0.3, 0.4) is 0 Å². The van der Waals surface area contributed by atoms with Crippen LogP contribution in [0.4, 0.5) is 5.82 Å². The first kappa shape index (κ1) is 14.9. The Morgan fingerprint density at radius 2 is 1.96 bits per heavy atom. The molecule has 1 aliphatic heterocycles. The minimum absolute atomic E-state index is 0.750. The van der Waals surface area contributed by atoms with E-state index in [4.69, 9.17) is 0 Å². The topological polar surface area (TPSA) is 46.8 Å². The van der Waals surface area contributed by atoms with Gasteiger partial charge in [-0.3, -0.25) is 9.67 Å². The first-order valence-electron chi connectivity index (χ1n) is 8.26. The van der Waals surface area contributed by atoms with Crippen molar-refractivity contribution in [2.24, 2.45) is 0 Å². The average molecular weight is 319 g/mol. The Kier molecular flexibility index (Phi) is 3.56. The van der Waals surface area contributed by atoms with Gasteiger partial charge in [0, 0.05) is 37.2 Å². The van der Waals surface area contributed by atoms with Crippen LogP contribution in [0, 0.1) is 13.8 Å². The van der Waals surface area contributed by atoms with Crippen LogP contribution in [0.2, 0.25) is 0 Å². The monoisotopic (exact) mass is 319 g/mol. The molecule has 5 nitrogen and oxygen atoms in total. The number of hydrogen-bond acceptors (Lipinski definition) is 4. The predicted molar refractivity (Wildman–Crippen MR) is 95.2 cm³/mol. The number of hydrogen-bond donors (Lipinski definition) is 0. The van der Waals surface area contributed by atoms with Gasteiger partial charge in [-0.1, -0.05) is 6.07 Å². The molecule has 0 unspecified atom stereocenters. The zero-order valence-electron chi connectivity index (χ0n) is 14.3. The van der Waals surface area contributed by atoms with Crippen molar-refractivity contribution in [1.82, 2.24) is 19.7 Å². The van der Waals surface area contributed by atoms with E-state index in [1.54, 1.807) is 0 Å². The molecule has 0 amide bonds. The molecule has 3 aromatic rings. The van der Waals surface area contributed by atoms with Crippen LogP contribution in [0.5, 0.6) is 0 Å².